The minimum absolute atomic E-state index is 0.153. The normalized spacial score (nSPS) is 12.8. The Morgan fingerprint density at radius 1 is 1.10 bits per heavy atom. The van der Waals surface area contributed by atoms with Gasteiger partial charge in [0.2, 0.25) is 15.9 Å². The van der Waals surface area contributed by atoms with Crippen molar-refractivity contribution in [2.45, 2.75) is 46.2 Å². The van der Waals surface area contributed by atoms with E-state index in [-0.39, 0.29) is 31.0 Å². The number of aryl methyl sites for hydroxylation is 1. The van der Waals surface area contributed by atoms with Gasteiger partial charge in [-0.1, -0.05) is 44.2 Å². The summed E-state index contributed by atoms with van der Waals surface area (Å²) >= 11 is 0. The zero-order valence-electron chi connectivity index (χ0n) is 18.6. The molecular weight excluding hydrogens is 400 g/mol. The lowest BCUT2D eigenvalue weighted by Crippen LogP contribution is -2.40. The molecule has 0 bridgehead atoms. The average molecular weight is 433 g/mol. The van der Waals surface area contributed by atoms with Gasteiger partial charge in [-0.15, -0.1) is 0 Å². The molecular formula is C23H32N2O4S. The van der Waals surface area contributed by atoms with E-state index in [1.807, 2.05) is 50.2 Å². The Balaban J connectivity index is 2.17. The highest BCUT2D eigenvalue weighted by atomic mass is 32.2. The van der Waals surface area contributed by atoms with Gasteiger partial charge in [-0.2, -0.15) is 4.31 Å². The van der Waals surface area contributed by atoms with Crippen molar-refractivity contribution in [3.63, 3.8) is 0 Å². The molecule has 0 fully saturated rings. The molecule has 6 nitrogen and oxygen atoms in total. The summed E-state index contributed by atoms with van der Waals surface area (Å²) in [4.78, 5) is 12.7. The van der Waals surface area contributed by atoms with Crippen LogP contribution in [-0.2, 0) is 21.4 Å². The molecule has 0 aliphatic rings. The zero-order valence-corrected chi connectivity index (χ0v) is 19.4. The zero-order chi connectivity index (χ0) is 22.5. The van der Waals surface area contributed by atoms with Crippen LogP contribution in [0, 0.1) is 6.92 Å². The molecule has 0 aliphatic carbocycles. The van der Waals surface area contributed by atoms with Crippen molar-refractivity contribution in [2.75, 3.05) is 19.9 Å². The molecule has 0 aromatic heterocycles. The minimum Gasteiger partial charge on any atom is -0.496 e. The van der Waals surface area contributed by atoms with E-state index in [0.717, 1.165) is 34.3 Å². The van der Waals surface area contributed by atoms with Crippen LogP contribution in [0.25, 0.3) is 0 Å². The standard InChI is InChI=1S/C23H32N2O4S/c1-16(2)20-13-21(17(3)12-22(20)29-5)18(4)24-23(26)15-25(30(6,27)28)14-19-10-8-7-9-11-19/h7-13,16,18H,14-15H2,1-6H3,(H,24,26). The number of carbonyl (C=O) groups excluding carboxylic acids is 1. The number of carbonyl (C=O) groups is 1. The van der Waals surface area contributed by atoms with Gasteiger partial charge in [0.25, 0.3) is 0 Å². The number of benzene rings is 2. The summed E-state index contributed by atoms with van der Waals surface area (Å²) in [6.45, 7) is 7.98. The van der Waals surface area contributed by atoms with E-state index in [4.69, 9.17) is 4.74 Å². The number of nitrogens with one attached hydrogen (secondary N) is 1. The van der Waals surface area contributed by atoms with E-state index in [2.05, 4.69) is 25.2 Å². The van der Waals surface area contributed by atoms with E-state index < -0.39 is 10.0 Å². The molecule has 0 radical (unpaired) electrons. The first kappa shape index (κ1) is 23.9. The molecule has 1 amide bonds. The summed E-state index contributed by atoms with van der Waals surface area (Å²) in [5.41, 5.74) is 3.90. The van der Waals surface area contributed by atoms with Gasteiger partial charge in [0.05, 0.1) is 26.0 Å². The van der Waals surface area contributed by atoms with Gasteiger partial charge in [0.1, 0.15) is 5.75 Å². The van der Waals surface area contributed by atoms with E-state index in [0.29, 0.717) is 0 Å². The topological polar surface area (TPSA) is 75.7 Å². The van der Waals surface area contributed by atoms with Crippen LogP contribution < -0.4 is 10.1 Å². The van der Waals surface area contributed by atoms with E-state index >= 15 is 0 Å². The molecule has 164 valence electrons. The van der Waals surface area contributed by atoms with Crippen molar-refractivity contribution < 1.29 is 17.9 Å². The highest BCUT2D eigenvalue weighted by Gasteiger charge is 2.22. The molecule has 2 rings (SSSR count). The molecule has 0 saturated heterocycles. The lowest BCUT2D eigenvalue weighted by atomic mass is 9.93. The van der Waals surface area contributed by atoms with Crippen molar-refractivity contribution in [2.24, 2.45) is 0 Å². The van der Waals surface area contributed by atoms with Crippen LogP contribution in [0.4, 0.5) is 0 Å². The van der Waals surface area contributed by atoms with Crippen LogP contribution >= 0.6 is 0 Å². The Bertz CT molecular complexity index is 972. The average Bonchev–Trinajstić information content (AvgIpc) is 2.66. The number of sulfonamides is 1. The third-order valence-corrected chi connectivity index (χ3v) is 6.27. The number of rotatable bonds is 9. The van der Waals surface area contributed by atoms with Crippen molar-refractivity contribution in [1.82, 2.24) is 9.62 Å². The molecule has 7 heteroatoms. The lowest BCUT2D eigenvalue weighted by Gasteiger charge is -2.23. The number of hydrogen-bond donors (Lipinski definition) is 1. The highest BCUT2D eigenvalue weighted by Crippen LogP contribution is 2.32. The Kier molecular flexibility index (Phi) is 8.03. The second-order valence-electron chi connectivity index (χ2n) is 7.91. The van der Waals surface area contributed by atoms with Crippen molar-refractivity contribution in [3.05, 3.63) is 64.7 Å². The fourth-order valence-corrected chi connectivity index (χ4v) is 4.15. The fraction of sp³-hybridized carbons (Fsp3) is 0.435. The predicted octanol–water partition coefficient (Wildman–Crippen LogP) is 3.77. The highest BCUT2D eigenvalue weighted by molar-refractivity contribution is 7.88. The number of amides is 1. The van der Waals surface area contributed by atoms with Crippen LogP contribution in [0.3, 0.4) is 0 Å². The van der Waals surface area contributed by atoms with Gasteiger partial charge in [-0.05, 0) is 54.2 Å². The molecule has 1 atom stereocenters. The van der Waals surface area contributed by atoms with Crippen LogP contribution in [0.15, 0.2) is 42.5 Å². The quantitative estimate of drug-likeness (QED) is 0.655. The third kappa shape index (κ3) is 6.31. The van der Waals surface area contributed by atoms with Crippen molar-refractivity contribution in [1.29, 1.82) is 0 Å². The van der Waals surface area contributed by atoms with Gasteiger partial charge in [-0.25, -0.2) is 8.42 Å². The molecule has 0 heterocycles. The Morgan fingerprint density at radius 2 is 1.73 bits per heavy atom. The first-order chi connectivity index (χ1) is 14.0. The van der Waals surface area contributed by atoms with Crippen molar-refractivity contribution in [3.8, 4) is 5.75 Å². The summed E-state index contributed by atoms with van der Waals surface area (Å²) in [7, 11) is -1.89. The van der Waals surface area contributed by atoms with Crippen LogP contribution in [-0.4, -0.2) is 38.5 Å². The van der Waals surface area contributed by atoms with Crippen LogP contribution in [0.5, 0.6) is 5.75 Å². The predicted molar refractivity (Wildman–Crippen MR) is 120 cm³/mol. The van der Waals surface area contributed by atoms with Crippen molar-refractivity contribution >= 4 is 15.9 Å². The van der Waals surface area contributed by atoms with Gasteiger partial charge in [0, 0.05) is 6.54 Å². The summed E-state index contributed by atoms with van der Waals surface area (Å²) in [6.07, 6.45) is 1.12. The molecule has 1 unspecified atom stereocenters. The molecule has 0 spiro atoms. The molecule has 2 aromatic carbocycles. The maximum atomic E-state index is 12.7. The Labute approximate surface area is 180 Å². The SMILES string of the molecule is COc1cc(C)c(C(C)NC(=O)CN(Cc2ccccc2)S(C)(=O)=O)cc1C(C)C. The first-order valence-corrected chi connectivity index (χ1v) is 11.8. The maximum absolute atomic E-state index is 12.7. The largest absolute Gasteiger partial charge is 0.496 e. The van der Waals surface area contributed by atoms with Gasteiger partial charge in [-0.3, -0.25) is 4.79 Å². The van der Waals surface area contributed by atoms with Gasteiger partial charge < -0.3 is 10.1 Å². The molecule has 1 N–H and O–H groups in total. The molecule has 30 heavy (non-hydrogen) atoms. The van der Waals surface area contributed by atoms with Crippen LogP contribution in [0.2, 0.25) is 0 Å². The van der Waals surface area contributed by atoms with E-state index in [1.165, 1.54) is 4.31 Å². The monoisotopic (exact) mass is 432 g/mol. The third-order valence-electron chi connectivity index (χ3n) is 5.08. The smallest absolute Gasteiger partial charge is 0.235 e. The molecule has 2 aromatic rings. The number of nitrogens with zero attached hydrogens (tertiary/aromatic N) is 1. The first-order valence-electron chi connectivity index (χ1n) is 9.99. The van der Waals surface area contributed by atoms with Gasteiger partial charge in [0.15, 0.2) is 0 Å². The van der Waals surface area contributed by atoms with E-state index in [1.54, 1.807) is 7.11 Å². The molecule has 0 saturated carbocycles. The number of methoxy groups -OCH3 is 1. The van der Waals surface area contributed by atoms with E-state index in [9.17, 15) is 13.2 Å². The molecule has 0 aliphatic heterocycles. The fourth-order valence-electron chi connectivity index (χ4n) is 3.41. The second-order valence-corrected chi connectivity index (χ2v) is 9.89. The van der Waals surface area contributed by atoms with Crippen LogP contribution in [0.1, 0.15) is 55.0 Å². The summed E-state index contributed by atoms with van der Waals surface area (Å²) in [5.74, 6) is 0.759. The second kappa shape index (κ2) is 10.1. The summed E-state index contributed by atoms with van der Waals surface area (Å²) in [5, 5.41) is 2.94. The Hall–Kier alpha value is -2.38. The number of hydrogen-bond acceptors (Lipinski definition) is 4. The lowest BCUT2D eigenvalue weighted by molar-refractivity contribution is -0.122. The summed E-state index contributed by atoms with van der Waals surface area (Å²) < 4.78 is 31.1. The Morgan fingerprint density at radius 3 is 2.27 bits per heavy atom. The minimum atomic E-state index is -3.54. The summed E-state index contributed by atoms with van der Waals surface area (Å²) in [6, 6.07) is 13.0. The maximum Gasteiger partial charge on any atom is 0.235 e. The van der Waals surface area contributed by atoms with Gasteiger partial charge >= 0.3 is 0 Å². The number of ether oxygens (including phenoxy) is 1.